The molecule has 0 spiro atoms. The van der Waals surface area contributed by atoms with E-state index in [-0.39, 0.29) is 18.3 Å². The highest BCUT2D eigenvalue weighted by atomic mass is 16.7. The number of rotatable bonds is 2. The zero-order valence-electron chi connectivity index (χ0n) is 12.7. The molecule has 5 nitrogen and oxygen atoms in total. The highest BCUT2D eigenvalue weighted by Gasteiger charge is 2.51. The number of aromatic nitrogens is 3. The molecule has 1 fully saturated rings. The Morgan fingerprint density at radius 1 is 1.15 bits per heavy atom. The molecule has 0 saturated carbocycles. The van der Waals surface area contributed by atoms with Gasteiger partial charge in [-0.1, -0.05) is 0 Å². The molecule has 1 aliphatic rings. The van der Waals surface area contributed by atoms with E-state index in [1.807, 2.05) is 50.8 Å². The summed E-state index contributed by atoms with van der Waals surface area (Å²) in [5.41, 5.74) is 1.17. The van der Waals surface area contributed by atoms with E-state index in [1.54, 1.807) is 0 Å². The van der Waals surface area contributed by atoms with Crippen LogP contribution in [0.15, 0.2) is 18.5 Å². The van der Waals surface area contributed by atoms with Crippen LogP contribution in [-0.4, -0.2) is 33.1 Å². The molecule has 1 saturated heterocycles. The molecule has 2 aromatic heterocycles. The minimum absolute atomic E-state index is 0.333. The third-order valence-corrected chi connectivity index (χ3v) is 4.32. The summed E-state index contributed by atoms with van der Waals surface area (Å²) in [5.74, 6) is 0. The van der Waals surface area contributed by atoms with Crippen LogP contribution in [0.2, 0.25) is 0 Å². The maximum absolute atomic E-state index is 6.04. The predicted molar refractivity (Wildman–Crippen MR) is 78.9 cm³/mol. The fourth-order valence-corrected chi connectivity index (χ4v) is 2.33. The van der Waals surface area contributed by atoms with Crippen molar-refractivity contribution in [3.05, 3.63) is 18.5 Å². The van der Waals surface area contributed by atoms with Crippen LogP contribution < -0.4 is 5.46 Å². The summed E-state index contributed by atoms with van der Waals surface area (Å²) in [4.78, 5) is 4.49. The first-order valence-electron chi connectivity index (χ1n) is 7.01. The van der Waals surface area contributed by atoms with Gasteiger partial charge in [-0.15, -0.1) is 0 Å². The largest absolute Gasteiger partial charge is 0.496 e. The topological polar surface area (TPSA) is 49.2 Å². The second-order valence-corrected chi connectivity index (χ2v) is 6.23. The second-order valence-electron chi connectivity index (χ2n) is 6.23. The van der Waals surface area contributed by atoms with Crippen LogP contribution >= 0.6 is 0 Å². The number of aryl methyl sites for hydroxylation is 1. The van der Waals surface area contributed by atoms with Gasteiger partial charge in [0.1, 0.15) is 0 Å². The summed E-state index contributed by atoms with van der Waals surface area (Å²) in [7, 11) is -0.373. The van der Waals surface area contributed by atoms with Gasteiger partial charge >= 0.3 is 7.12 Å². The van der Waals surface area contributed by atoms with Gasteiger partial charge in [-0.3, -0.25) is 0 Å². The molecule has 0 radical (unpaired) electrons. The standard InChI is InChI=1S/C14H20BN3O2/c1-6-18-12-10(8-17-18)7-11(9-16-12)15-19-13(2,3)14(4,5)20-15/h7-9H,6H2,1-5H3. The van der Waals surface area contributed by atoms with Crippen molar-refractivity contribution >= 4 is 23.6 Å². The van der Waals surface area contributed by atoms with Gasteiger partial charge in [-0.05, 0) is 40.7 Å². The molecule has 3 heterocycles. The Morgan fingerprint density at radius 2 is 1.80 bits per heavy atom. The van der Waals surface area contributed by atoms with E-state index in [0.717, 1.165) is 23.0 Å². The van der Waals surface area contributed by atoms with E-state index in [4.69, 9.17) is 9.31 Å². The highest BCUT2D eigenvalue weighted by molar-refractivity contribution is 6.62. The van der Waals surface area contributed by atoms with E-state index in [9.17, 15) is 0 Å². The van der Waals surface area contributed by atoms with Crippen molar-refractivity contribution in [3.8, 4) is 0 Å². The van der Waals surface area contributed by atoms with Crippen molar-refractivity contribution in [1.82, 2.24) is 14.8 Å². The van der Waals surface area contributed by atoms with Crippen LogP contribution in [0.3, 0.4) is 0 Å². The smallest absolute Gasteiger partial charge is 0.399 e. The molecule has 20 heavy (non-hydrogen) atoms. The van der Waals surface area contributed by atoms with Crippen molar-refractivity contribution in [2.24, 2.45) is 0 Å². The highest BCUT2D eigenvalue weighted by Crippen LogP contribution is 2.36. The van der Waals surface area contributed by atoms with Crippen LogP contribution in [-0.2, 0) is 15.9 Å². The third kappa shape index (κ3) is 1.94. The molecule has 0 unspecified atom stereocenters. The summed E-state index contributed by atoms with van der Waals surface area (Å²) in [6.07, 6.45) is 3.65. The molecule has 2 aromatic rings. The van der Waals surface area contributed by atoms with Crippen molar-refractivity contribution in [3.63, 3.8) is 0 Å². The molecule has 0 atom stereocenters. The fourth-order valence-electron chi connectivity index (χ4n) is 2.33. The van der Waals surface area contributed by atoms with Gasteiger partial charge in [0.25, 0.3) is 0 Å². The molecule has 0 amide bonds. The van der Waals surface area contributed by atoms with Crippen molar-refractivity contribution < 1.29 is 9.31 Å². The molecule has 6 heteroatoms. The van der Waals surface area contributed by atoms with Gasteiger partial charge in [0.2, 0.25) is 0 Å². The lowest BCUT2D eigenvalue weighted by Gasteiger charge is -2.32. The molecule has 0 bridgehead atoms. The average Bonchev–Trinajstić information content (AvgIpc) is 2.87. The van der Waals surface area contributed by atoms with Gasteiger partial charge in [0.15, 0.2) is 5.65 Å². The Bertz CT molecular complexity index is 635. The maximum Gasteiger partial charge on any atom is 0.496 e. The van der Waals surface area contributed by atoms with Crippen LogP contribution in [0.4, 0.5) is 0 Å². The van der Waals surface area contributed by atoms with Crippen molar-refractivity contribution in [1.29, 1.82) is 0 Å². The predicted octanol–water partition coefficient (Wildman–Crippen LogP) is 1.75. The average molecular weight is 273 g/mol. The lowest BCUT2D eigenvalue weighted by molar-refractivity contribution is 0.00578. The van der Waals surface area contributed by atoms with Crippen LogP contribution in [0.25, 0.3) is 11.0 Å². The zero-order valence-corrected chi connectivity index (χ0v) is 12.7. The summed E-state index contributed by atoms with van der Waals surface area (Å²) in [6.45, 7) is 11.1. The van der Waals surface area contributed by atoms with Crippen molar-refractivity contribution in [2.45, 2.75) is 52.4 Å². The van der Waals surface area contributed by atoms with Crippen LogP contribution in [0, 0.1) is 0 Å². The number of pyridine rings is 1. The first-order chi connectivity index (χ1) is 9.34. The lowest BCUT2D eigenvalue weighted by Crippen LogP contribution is -2.41. The molecule has 106 valence electrons. The minimum atomic E-state index is -0.373. The third-order valence-electron chi connectivity index (χ3n) is 4.32. The summed E-state index contributed by atoms with van der Waals surface area (Å²) in [6, 6.07) is 2.05. The molecule has 3 rings (SSSR count). The van der Waals surface area contributed by atoms with Gasteiger partial charge in [-0.2, -0.15) is 5.10 Å². The first kappa shape index (κ1) is 13.6. The number of hydrogen-bond acceptors (Lipinski definition) is 4. The zero-order chi connectivity index (χ0) is 14.5. The van der Waals surface area contributed by atoms with Crippen LogP contribution in [0.5, 0.6) is 0 Å². The molecular weight excluding hydrogens is 253 g/mol. The van der Waals surface area contributed by atoms with Gasteiger partial charge in [0.05, 0.1) is 17.4 Å². The lowest BCUT2D eigenvalue weighted by atomic mass is 9.80. The van der Waals surface area contributed by atoms with Crippen molar-refractivity contribution in [2.75, 3.05) is 0 Å². The molecule has 0 aromatic carbocycles. The maximum atomic E-state index is 6.04. The van der Waals surface area contributed by atoms with Crippen LogP contribution in [0.1, 0.15) is 34.6 Å². The molecule has 1 aliphatic heterocycles. The number of nitrogens with zero attached hydrogens (tertiary/aromatic N) is 3. The Labute approximate surface area is 119 Å². The van der Waals surface area contributed by atoms with E-state index < -0.39 is 0 Å². The number of hydrogen-bond donors (Lipinski definition) is 0. The van der Waals surface area contributed by atoms with E-state index in [0.29, 0.717) is 0 Å². The minimum Gasteiger partial charge on any atom is -0.399 e. The summed E-state index contributed by atoms with van der Waals surface area (Å²) < 4.78 is 14.0. The SMILES string of the molecule is CCn1ncc2cc(B3OC(C)(C)C(C)(C)O3)cnc21. The molecular formula is C14H20BN3O2. The summed E-state index contributed by atoms with van der Waals surface area (Å²) in [5, 5.41) is 5.32. The van der Waals surface area contributed by atoms with E-state index in [1.165, 1.54) is 0 Å². The van der Waals surface area contributed by atoms with Gasteiger partial charge in [0, 0.05) is 23.6 Å². The monoisotopic (exact) mass is 273 g/mol. The summed E-state index contributed by atoms with van der Waals surface area (Å²) >= 11 is 0. The Kier molecular flexibility index (Phi) is 2.92. The fraction of sp³-hybridized carbons (Fsp3) is 0.571. The quantitative estimate of drug-likeness (QED) is 0.782. The molecule has 0 N–H and O–H groups in total. The first-order valence-corrected chi connectivity index (χ1v) is 7.01. The van der Waals surface area contributed by atoms with E-state index >= 15 is 0 Å². The second kappa shape index (κ2) is 4.30. The normalized spacial score (nSPS) is 20.8. The number of fused-ring (bicyclic) bond motifs is 1. The Hall–Kier alpha value is -1.40. The van der Waals surface area contributed by atoms with Gasteiger partial charge < -0.3 is 9.31 Å². The van der Waals surface area contributed by atoms with Gasteiger partial charge in [-0.25, -0.2) is 9.67 Å². The Morgan fingerprint density at radius 3 is 2.40 bits per heavy atom. The van der Waals surface area contributed by atoms with E-state index in [2.05, 4.69) is 17.0 Å². The molecule has 0 aliphatic carbocycles. The Balaban J connectivity index is 1.96.